The number of rotatable bonds is 2. The van der Waals surface area contributed by atoms with Gasteiger partial charge in [-0.15, -0.1) is 0 Å². The first-order chi connectivity index (χ1) is 10.9. The zero-order valence-corrected chi connectivity index (χ0v) is 12.9. The van der Waals surface area contributed by atoms with Crippen LogP contribution in [-0.2, 0) is 9.59 Å². The van der Waals surface area contributed by atoms with E-state index in [9.17, 15) is 14.4 Å². The minimum Gasteiger partial charge on any atom is -0.486 e. The summed E-state index contributed by atoms with van der Waals surface area (Å²) in [4.78, 5) is 37.2. The highest BCUT2D eigenvalue weighted by molar-refractivity contribution is 6.00. The number of amides is 1. The molecule has 6 nitrogen and oxygen atoms in total. The van der Waals surface area contributed by atoms with E-state index in [-0.39, 0.29) is 31.1 Å². The second-order valence-corrected chi connectivity index (χ2v) is 6.23. The zero-order valence-electron chi connectivity index (χ0n) is 12.9. The molecule has 1 N–H and O–H groups in total. The molecule has 2 aliphatic rings. The molecule has 1 aromatic rings. The van der Waals surface area contributed by atoms with Crippen molar-refractivity contribution in [1.29, 1.82) is 0 Å². The van der Waals surface area contributed by atoms with Crippen LogP contribution >= 0.6 is 0 Å². The van der Waals surface area contributed by atoms with Crippen LogP contribution in [0.2, 0.25) is 0 Å². The normalized spacial score (nSPS) is 25.5. The third-order valence-electron chi connectivity index (χ3n) is 4.74. The van der Waals surface area contributed by atoms with Gasteiger partial charge in [-0.2, -0.15) is 0 Å². The Morgan fingerprint density at radius 1 is 1.30 bits per heavy atom. The van der Waals surface area contributed by atoms with Gasteiger partial charge in [-0.3, -0.25) is 9.59 Å². The van der Waals surface area contributed by atoms with Crippen LogP contribution in [0.1, 0.15) is 43.0 Å². The van der Waals surface area contributed by atoms with Gasteiger partial charge < -0.3 is 14.7 Å². The van der Waals surface area contributed by atoms with Gasteiger partial charge >= 0.3 is 5.97 Å². The van der Waals surface area contributed by atoms with Gasteiger partial charge in [-0.05, 0) is 25.5 Å². The fraction of sp³-hybridized carbons (Fsp3) is 0.471. The third kappa shape index (κ3) is 2.81. The molecular formula is C17H19NO5. The molecule has 0 unspecified atom stereocenters. The quantitative estimate of drug-likeness (QED) is 0.900. The molecule has 1 aromatic carbocycles. The van der Waals surface area contributed by atoms with Crippen molar-refractivity contribution in [2.24, 2.45) is 0 Å². The summed E-state index contributed by atoms with van der Waals surface area (Å²) < 4.78 is 6.10. The Kier molecular flexibility index (Phi) is 3.83. The summed E-state index contributed by atoms with van der Waals surface area (Å²) in [5.41, 5.74) is -0.141. The van der Waals surface area contributed by atoms with Crippen molar-refractivity contribution in [2.75, 3.05) is 6.54 Å². The van der Waals surface area contributed by atoms with Crippen molar-refractivity contribution in [3.05, 3.63) is 29.8 Å². The molecule has 6 heteroatoms. The summed E-state index contributed by atoms with van der Waals surface area (Å²) in [6.07, 6.45) is 1.30. The summed E-state index contributed by atoms with van der Waals surface area (Å²) in [6.45, 7) is 1.78. The number of ether oxygens (including phenoxy) is 1. The van der Waals surface area contributed by atoms with Gasteiger partial charge in [-0.25, -0.2) is 4.79 Å². The molecule has 0 bridgehead atoms. The van der Waals surface area contributed by atoms with Crippen molar-refractivity contribution in [1.82, 2.24) is 4.90 Å². The molecule has 1 spiro atoms. The molecule has 3 rings (SSSR count). The van der Waals surface area contributed by atoms with Crippen molar-refractivity contribution < 1.29 is 24.2 Å². The van der Waals surface area contributed by atoms with Crippen molar-refractivity contribution >= 4 is 17.7 Å². The highest BCUT2D eigenvalue weighted by Gasteiger charge is 2.44. The van der Waals surface area contributed by atoms with Gasteiger partial charge in [0.2, 0.25) is 5.91 Å². The van der Waals surface area contributed by atoms with Crippen LogP contribution in [0.15, 0.2) is 24.3 Å². The van der Waals surface area contributed by atoms with Crippen LogP contribution in [0.5, 0.6) is 5.75 Å². The van der Waals surface area contributed by atoms with Crippen molar-refractivity contribution in [3.8, 4) is 5.75 Å². The molecule has 0 radical (unpaired) electrons. The van der Waals surface area contributed by atoms with E-state index in [1.807, 2.05) is 6.07 Å². The van der Waals surface area contributed by atoms with Gasteiger partial charge in [0.25, 0.3) is 0 Å². The minimum atomic E-state index is -1.03. The van der Waals surface area contributed by atoms with Crippen LogP contribution in [0.25, 0.3) is 0 Å². The summed E-state index contributed by atoms with van der Waals surface area (Å²) in [7, 11) is 0. The number of hydrogen-bond acceptors (Lipinski definition) is 4. The topological polar surface area (TPSA) is 83.9 Å². The fourth-order valence-corrected chi connectivity index (χ4v) is 3.32. The Balaban J connectivity index is 1.84. The van der Waals surface area contributed by atoms with Gasteiger partial charge in [0.1, 0.15) is 17.4 Å². The lowest BCUT2D eigenvalue weighted by atomic mass is 9.84. The Bertz CT molecular complexity index is 671. The first-order valence-electron chi connectivity index (χ1n) is 7.75. The van der Waals surface area contributed by atoms with Crippen LogP contribution in [0.4, 0.5) is 0 Å². The van der Waals surface area contributed by atoms with E-state index in [1.54, 1.807) is 18.2 Å². The minimum absolute atomic E-state index is 0.0130. The fourth-order valence-electron chi connectivity index (χ4n) is 3.32. The van der Waals surface area contributed by atoms with E-state index in [2.05, 4.69) is 0 Å². The molecule has 2 heterocycles. The third-order valence-corrected chi connectivity index (χ3v) is 4.74. The van der Waals surface area contributed by atoms with Gasteiger partial charge in [0.15, 0.2) is 5.78 Å². The highest BCUT2D eigenvalue weighted by Crippen LogP contribution is 2.39. The SMILES string of the molecule is C[C@H](C(=O)O)N1CC[C@]2(CCC1=O)CC(=O)c1ccccc1O2. The van der Waals surface area contributed by atoms with E-state index in [1.165, 1.54) is 11.8 Å². The maximum atomic E-state index is 12.4. The number of hydrogen-bond donors (Lipinski definition) is 1. The first-order valence-corrected chi connectivity index (χ1v) is 7.75. The predicted octanol–water partition coefficient (Wildman–Crippen LogP) is 1.88. The lowest BCUT2D eigenvalue weighted by molar-refractivity contribution is -0.149. The Hall–Kier alpha value is -2.37. The second-order valence-electron chi connectivity index (χ2n) is 6.23. The summed E-state index contributed by atoms with van der Waals surface area (Å²) >= 11 is 0. The van der Waals surface area contributed by atoms with Crippen molar-refractivity contribution in [2.45, 2.75) is 44.2 Å². The molecule has 1 fully saturated rings. The number of ketones is 1. The van der Waals surface area contributed by atoms with Gasteiger partial charge in [0.05, 0.1) is 12.0 Å². The monoisotopic (exact) mass is 317 g/mol. The number of likely N-dealkylation sites (tertiary alicyclic amines) is 1. The second kappa shape index (κ2) is 5.68. The average Bonchev–Trinajstić information content (AvgIpc) is 2.67. The molecule has 23 heavy (non-hydrogen) atoms. The molecule has 0 aliphatic carbocycles. The largest absolute Gasteiger partial charge is 0.486 e. The van der Waals surface area contributed by atoms with E-state index >= 15 is 0 Å². The smallest absolute Gasteiger partial charge is 0.326 e. The van der Waals surface area contributed by atoms with Crippen LogP contribution in [-0.4, -0.2) is 45.9 Å². The summed E-state index contributed by atoms with van der Waals surface area (Å²) in [6, 6.07) is 6.24. The Morgan fingerprint density at radius 2 is 2.04 bits per heavy atom. The number of para-hydroxylation sites is 1. The average molecular weight is 317 g/mol. The summed E-state index contributed by atoms with van der Waals surface area (Å²) in [5.74, 6) is -0.665. The number of carboxylic acids is 1. The number of aliphatic carboxylic acids is 1. The van der Waals surface area contributed by atoms with Crippen LogP contribution in [0.3, 0.4) is 0 Å². The molecule has 0 aromatic heterocycles. The number of nitrogens with zero attached hydrogens (tertiary/aromatic N) is 1. The van der Waals surface area contributed by atoms with Gasteiger partial charge in [-0.1, -0.05) is 12.1 Å². The van der Waals surface area contributed by atoms with Crippen molar-refractivity contribution in [3.63, 3.8) is 0 Å². The number of carboxylic acid groups (broad SMARTS) is 1. The van der Waals surface area contributed by atoms with E-state index in [0.717, 1.165) is 0 Å². The van der Waals surface area contributed by atoms with Crippen LogP contribution < -0.4 is 4.74 Å². The molecule has 1 amide bonds. The summed E-state index contributed by atoms with van der Waals surface area (Å²) in [5, 5.41) is 9.14. The highest BCUT2D eigenvalue weighted by atomic mass is 16.5. The lowest BCUT2D eigenvalue weighted by Crippen LogP contribution is -2.45. The number of carbonyl (C=O) groups excluding carboxylic acids is 2. The zero-order chi connectivity index (χ0) is 16.6. The van der Waals surface area contributed by atoms with E-state index in [0.29, 0.717) is 24.2 Å². The number of benzene rings is 1. The van der Waals surface area contributed by atoms with E-state index < -0.39 is 17.6 Å². The number of Topliss-reactive ketones (excluding diaryl/α,β-unsaturated/α-hetero) is 1. The molecule has 122 valence electrons. The molecular weight excluding hydrogens is 298 g/mol. The first kappa shape index (κ1) is 15.5. The van der Waals surface area contributed by atoms with Gasteiger partial charge in [0, 0.05) is 19.4 Å². The van der Waals surface area contributed by atoms with Crippen LogP contribution in [0, 0.1) is 0 Å². The molecule has 2 atom stereocenters. The maximum Gasteiger partial charge on any atom is 0.326 e. The predicted molar refractivity (Wildman–Crippen MR) is 81.4 cm³/mol. The standard InChI is InChI=1S/C17H19NO5/c1-11(16(21)22)18-9-8-17(7-6-15(18)20)10-13(19)12-4-2-3-5-14(12)23-17/h2-5,11H,6-10H2,1H3,(H,21,22)/t11-,17-/m1/s1. The van der Waals surface area contributed by atoms with E-state index in [4.69, 9.17) is 9.84 Å². The Labute approximate surface area is 134 Å². The number of carbonyl (C=O) groups is 3. The Morgan fingerprint density at radius 3 is 2.78 bits per heavy atom. The maximum absolute atomic E-state index is 12.4. The molecule has 0 saturated carbocycles. The molecule has 1 saturated heterocycles. The number of fused-ring (bicyclic) bond motifs is 1. The lowest BCUT2D eigenvalue weighted by Gasteiger charge is -2.37. The molecule has 2 aliphatic heterocycles.